The highest BCUT2D eigenvalue weighted by Gasteiger charge is 2.07. The van der Waals surface area contributed by atoms with E-state index in [0.29, 0.717) is 4.77 Å². The predicted molar refractivity (Wildman–Crippen MR) is 59.8 cm³/mol. The third-order valence-electron chi connectivity index (χ3n) is 2.27. The van der Waals surface area contributed by atoms with Crippen molar-refractivity contribution < 1.29 is 0 Å². The average molecular weight is 205 g/mol. The summed E-state index contributed by atoms with van der Waals surface area (Å²) in [6.07, 6.45) is 5.40. The summed E-state index contributed by atoms with van der Waals surface area (Å²) in [6.45, 7) is 5.82. The zero-order chi connectivity index (χ0) is 10.1. The number of aromatic amines is 1. The molecule has 4 heteroatoms. The van der Waals surface area contributed by atoms with Crippen LogP contribution in [0.5, 0.6) is 0 Å². The normalized spacial score (nSPS) is 12.9. The van der Waals surface area contributed by atoms with E-state index in [2.05, 4.69) is 23.5 Å². The highest BCUT2D eigenvalue weighted by Crippen LogP contribution is 2.18. The summed E-state index contributed by atoms with van der Waals surface area (Å²) >= 11 is 5.23. The Hall–Kier alpha value is -1.42. The van der Waals surface area contributed by atoms with Gasteiger partial charge in [0.25, 0.3) is 0 Å². The highest BCUT2D eigenvalue weighted by molar-refractivity contribution is 7.71. The number of imidazole rings is 1. The molecule has 72 valence electrons. The van der Waals surface area contributed by atoms with E-state index in [1.54, 1.807) is 12.4 Å². The van der Waals surface area contributed by atoms with E-state index in [9.17, 15) is 0 Å². The average Bonchev–Trinajstić information content (AvgIpc) is 2.53. The van der Waals surface area contributed by atoms with Crippen LogP contribution in [0.4, 0.5) is 0 Å². The lowest BCUT2D eigenvalue weighted by Crippen LogP contribution is -2.01. The van der Waals surface area contributed by atoms with Gasteiger partial charge in [-0.25, -0.2) is 0 Å². The van der Waals surface area contributed by atoms with Gasteiger partial charge in [-0.2, -0.15) is 0 Å². The van der Waals surface area contributed by atoms with Gasteiger partial charge in [-0.1, -0.05) is 6.08 Å². The van der Waals surface area contributed by atoms with Crippen LogP contribution in [0.2, 0.25) is 0 Å². The number of hydrogen-bond acceptors (Lipinski definition) is 2. The maximum Gasteiger partial charge on any atom is 0.178 e. The van der Waals surface area contributed by atoms with Crippen molar-refractivity contribution in [3.05, 3.63) is 35.9 Å². The van der Waals surface area contributed by atoms with Gasteiger partial charge in [0.2, 0.25) is 0 Å². The topological polar surface area (TPSA) is 33.6 Å². The third kappa shape index (κ3) is 1.28. The first-order valence-electron chi connectivity index (χ1n) is 4.41. The lowest BCUT2D eigenvalue weighted by atomic mass is 10.3. The monoisotopic (exact) mass is 205 g/mol. The Morgan fingerprint density at radius 3 is 3.21 bits per heavy atom. The maximum absolute atomic E-state index is 5.23. The first-order valence-corrected chi connectivity index (χ1v) is 4.81. The molecule has 14 heavy (non-hydrogen) atoms. The smallest absolute Gasteiger partial charge is 0.178 e. The van der Waals surface area contributed by atoms with Gasteiger partial charge in [0.05, 0.1) is 23.3 Å². The fraction of sp³-hybridized carbons (Fsp3) is 0.200. The van der Waals surface area contributed by atoms with Gasteiger partial charge in [0.15, 0.2) is 4.77 Å². The number of H-pyrrole nitrogens is 1. The second-order valence-corrected chi connectivity index (χ2v) is 3.56. The minimum absolute atomic E-state index is 0.193. The number of pyridine rings is 1. The van der Waals surface area contributed by atoms with Gasteiger partial charge >= 0.3 is 0 Å². The molecular formula is C10H11N3S. The number of hydrogen-bond donors (Lipinski definition) is 1. The van der Waals surface area contributed by atoms with E-state index in [1.165, 1.54) is 0 Å². The lowest BCUT2D eigenvalue weighted by Gasteiger charge is -2.08. The molecule has 2 rings (SSSR count). The molecule has 1 unspecified atom stereocenters. The molecule has 0 spiro atoms. The number of fused-ring (bicyclic) bond motifs is 1. The van der Waals surface area contributed by atoms with Gasteiger partial charge in [-0.05, 0) is 25.2 Å². The van der Waals surface area contributed by atoms with E-state index in [0.717, 1.165) is 11.0 Å². The summed E-state index contributed by atoms with van der Waals surface area (Å²) in [4.78, 5) is 7.15. The molecule has 1 N–H and O–H groups in total. The maximum atomic E-state index is 5.23. The van der Waals surface area contributed by atoms with Crippen LogP contribution < -0.4 is 0 Å². The number of nitrogens with zero attached hydrogens (tertiary/aromatic N) is 2. The van der Waals surface area contributed by atoms with Crippen LogP contribution in [0.1, 0.15) is 13.0 Å². The molecule has 1 atom stereocenters. The second-order valence-electron chi connectivity index (χ2n) is 3.17. The van der Waals surface area contributed by atoms with E-state index < -0.39 is 0 Å². The molecule has 0 bridgehead atoms. The molecule has 2 aromatic heterocycles. The van der Waals surface area contributed by atoms with Crippen molar-refractivity contribution in [2.75, 3.05) is 0 Å². The molecule has 0 amide bonds. The Labute approximate surface area is 87.1 Å². The molecule has 3 nitrogen and oxygen atoms in total. The minimum atomic E-state index is 0.193. The molecule has 2 heterocycles. The van der Waals surface area contributed by atoms with Crippen LogP contribution in [0.3, 0.4) is 0 Å². The van der Waals surface area contributed by atoms with Crippen molar-refractivity contribution in [3.63, 3.8) is 0 Å². The third-order valence-corrected chi connectivity index (χ3v) is 2.57. The summed E-state index contributed by atoms with van der Waals surface area (Å²) < 4.78 is 2.74. The molecule has 0 saturated heterocycles. The van der Waals surface area contributed by atoms with Gasteiger partial charge < -0.3 is 9.55 Å². The van der Waals surface area contributed by atoms with E-state index in [1.807, 2.05) is 16.7 Å². The standard InChI is InChI=1S/C10H11N3S/c1-3-7(2)13-9-4-5-11-6-8(9)12-10(13)14/h3-7H,1H2,2H3,(H,12,14). The molecule has 0 fully saturated rings. The lowest BCUT2D eigenvalue weighted by molar-refractivity contribution is 0.673. The van der Waals surface area contributed by atoms with E-state index >= 15 is 0 Å². The second kappa shape index (κ2) is 3.38. The molecule has 0 radical (unpaired) electrons. The Bertz CT molecular complexity index is 523. The zero-order valence-corrected chi connectivity index (χ0v) is 8.71. The summed E-state index contributed by atoms with van der Waals surface area (Å²) in [5.74, 6) is 0. The molecule has 0 aliphatic rings. The van der Waals surface area contributed by atoms with Crippen LogP contribution in [-0.2, 0) is 0 Å². The SMILES string of the molecule is C=CC(C)n1c(=S)[nH]c2cnccc21. The van der Waals surface area contributed by atoms with Crippen molar-refractivity contribution in [2.24, 2.45) is 0 Å². The summed E-state index contributed by atoms with van der Waals surface area (Å²) in [5.41, 5.74) is 2.03. The van der Waals surface area contributed by atoms with Gasteiger partial charge in [-0.15, -0.1) is 6.58 Å². The first kappa shape index (κ1) is 9.15. The number of allylic oxidation sites excluding steroid dienone is 1. The Morgan fingerprint density at radius 1 is 1.71 bits per heavy atom. The molecule has 0 aliphatic heterocycles. The van der Waals surface area contributed by atoms with Crippen LogP contribution in [-0.4, -0.2) is 14.5 Å². The van der Waals surface area contributed by atoms with Crippen molar-refractivity contribution >= 4 is 23.3 Å². The summed E-state index contributed by atoms with van der Waals surface area (Å²) in [5, 5.41) is 0. The number of aromatic nitrogens is 3. The van der Waals surface area contributed by atoms with Crippen molar-refractivity contribution in [3.8, 4) is 0 Å². The van der Waals surface area contributed by atoms with E-state index in [-0.39, 0.29) is 6.04 Å². The first-order chi connectivity index (χ1) is 6.74. The molecule has 0 aliphatic carbocycles. The number of rotatable bonds is 2. The van der Waals surface area contributed by atoms with Crippen molar-refractivity contribution in [1.82, 2.24) is 14.5 Å². The largest absolute Gasteiger partial charge is 0.329 e. The molecule has 0 aromatic carbocycles. The Kier molecular flexibility index (Phi) is 2.21. The Morgan fingerprint density at radius 2 is 2.50 bits per heavy atom. The van der Waals surface area contributed by atoms with Crippen molar-refractivity contribution in [2.45, 2.75) is 13.0 Å². The molecular weight excluding hydrogens is 194 g/mol. The molecule has 2 aromatic rings. The predicted octanol–water partition coefficient (Wildman–Crippen LogP) is 2.84. The minimum Gasteiger partial charge on any atom is -0.329 e. The van der Waals surface area contributed by atoms with Gasteiger partial charge in [0.1, 0.15) is 0 Å². The van der Waals surface area contributed by atoms with Crippen molar-refractivity contribution in [1.29, 1.82) is 0 Å². The van der Waals surface area contributed by atoms with Gasteiger partial charge in [-0.3, -0.25) is 4.98 Å². The Balaban J connectivity index is 2.80. The van der Waals surface area contributed by atoms with Crippen LogP contribution >= 0.6 is 12.2 Å². The van der Waals surface area contributed by atoms with E-state index in [4.69, 9.17) is 12.2 Å². The highest BCUT2D eigenvalue weighted by atomic mass is 32.1. The summed E-state index contributed by atoms with van der Waals surface area (Å²) in [7, 11) is 0. The molecule has 0 saturated carbocycles. The quantitative estimate of drug-likeness (QED) is 0.604. The zero-order valence-electron chi connectivity index (χ0n) is 7.90. The fourth-order valence-corrected chi connectivity index (χ4v) is 1.86. The van der Waals surface area contributed by atoms with Gasteiger partial charge in [0, 0.05) is 6.20 Å². The number of nitrogens with one attached hydrogen (secondary N) is 1. The van der Waals surface area contributed by atoms with Crippen LogP contribution in [0.25, 0.3) is 11.0 Å². The summed E-state index contributed by atoms with van der Waals surface area (Å²) in [6, 6.07) is 2.14. The van der Waals surface area contributed by atoms with Crippen LogP contribution in [0, 0.1) is 4.77 Å². The van der Waals surface area contributed by atoms with Crippen LogP contribution in [0.15, 0.2) is 31.1 Å². The fourth-order valence-electron chi connectivity index (χ4n) is 1.49.